The molecule has 5 rings (SSSR count). The fraction of sp³-hybridized carbons (Fsp3) is 0.278. The van der Waals surface area contributed by atoms with Gasteiger partial charge in [0.15, 0.2) is 0 Å². The molecule has 1 N–H and O–H groups in total. The fourth-order valence-electron chi connectivity index (χ4n) is 5.84. The summed E-state index contributed by atoms with van der Waals surface area (Å²) in [4.78, 5) is 30.3. The van der Waals surface area contributed by atoms with Gasteiger partial charge in [0, 0.05) is 34.1 Å². The second-order valence-corrected chi connectivity index (χ2v) is 14.8. The maximum absolute atomic E-state index is 14.6. The van der Waals surface area contributed by atoms with E-state index in [1.54, 1.807) is 42.5 Å². The summed E-state index contributed by atoms with van der Waals surface area (Å²) in [7, 11) is -4.28. The van der Waals surface area contributed by atoms with Crippen molar-refractivity contribution >= 4 is 62.3 Å². The van der Waals surface area contributed by atoms with Crippen molar-refractivity contribution in [2.24, 2.45) is 0 Å². The molecule has 7 nitrogen and oxygen atoms in total. The fourth-order valence-corrected chi connectivity index (χ4v) is 7.97. The van der Waals surface area contributed by atoms with Gasteiger partial charge in [-0.1, -0.05) is 121 Å². The van der Waals surface area contributed by atoms with Gasteiger partial charge in [0.05, 0.1) is 10.6 Å². The van der Waals surface area contributed by atoms with Crippen LogP contribution in [0.1, 0.15) is 43.2 Å². The second kappa shape index (κ2) is 16.0. The molecule has 1 saturated carbocycles. The number of carbonyl (C=O) groups excluding carboxylic acids is 2. The molecule has 0 heterocycles. The van der Waals surface area contributed by atoms with Crippen LogP contribution in [0.5, 0.6) is 0 Å². The molecule has 0 spiro atoms. The number of hydrogen-bond acceptors (Lipinski definition) is 4. The molecule has 246 valence electrons. The Balaban J connectivity index is 1.58. The average molecular weight is 713 g/mol. The van der Waals surface area contributed by atoms with Crippen molar-refractivity contribution in [2.45, 2.75) is 62.0 Å². The molecule has 0 radical (unpaired) electrons. The Morgan fingerprint density at radius 3 is 2.02 bits per heavy atom. The molecule has 2 amide bonds. The Bertz CT molecular complexity index is 1770. The van der Waals surface area contributed by atoms with Crippen molar-refractivity contribution in [1.29, 1.82) is 0 Å². The molecule has 1 atom stereocenters. The first-order valence-corrected chi connectivity index (χ1v) is 18.1. The van der Waals surface area contributed by atoms with Crippen molar-refractivity contribution in [1.82, 2.24) is 10.2 Å². The molecule has 1 fully saturated rings. The van der Waals surface area contributed by atoms with Gasteiger partial charge in [-0.05, 0) is 60.4 Å². The predicted octanol–water partition coefficient (Wildman–Crippen LogP) is 7.93. The van der Waals surface area contributed by atoms with Crippen LogP contribution < -0.4 is 9.62 Å². The van der Waals surface area contributed by atoms with Crippen LogP contribution in [0.4, 0.5) is 5.69 Å². The number of hydrogen-bond donors (Lipinski definition) is 1. The van der Waals surface area contributed by atoms with Gasteiger partial charge in [0.2, 0.25) is 11.8 Å². The summed E-state index contributed by atoms with van der Waals surface area (Å²) >= 11 is 19.2. The highest BCUT2D eigenvalue weighted by atomic mass is 35.5. The zero-order chi connectivity index (χ0) is 33.4. The molecule has 47 heavy (non-hydrogen) atoms. The van der Waals surface area contributed by atoms with Crippen LogP contribution in [0.3, 0.4) is 0 Å². The van der Waals surface area contributed by atoms with E-state index in [4.69, 9.17) is 34.8 Å². The molecule has 0 saturated heterocycles. The van der Waals surface area contributed by atoms with Gasteiger partial charge in [0.25, 0.3) is 10.0 Å². The quantitative estimate of drug-likeness (QED) is 0.162. The molecule has 1 aliphatic rings. The Morgan fingerprint density at radius 1 is 0.787 bits per heavy atom. The Hall–Kier alpha value is -3.56. The summed E-state index contributed by atoms with van der Waals surface area (Å²) in [6, 6.07) is 27.8. The first kappa shape index (κ1) is 34.8. The normalized spacial score (nSPS) is 14.3. The maximum atomic E-state index is 14.6. The summed E-state index contributed by atoms with van der Waals surface area (Å²) in [5, 5.41) is 4.03. The second-order valence-electron chi connectivity index (χ2n) is 11.6. The molecular weight excluding hydrogens is 677 g/mol. The summed E-state index contributed by atoms with van der Waals surface area (Å²) < 4.78 is 29.3. The lowest BCUT2D eigenvalue weighted by Gasteiger charge is -2.35. The van der Waals surface area contributed by atoms with Gasteiger partial charge in [0.1, 0.15) is 12.6 Å². The van der Waals surface area contributed by atoms with E-state index in [9.17, 15) is 18.0 Å². The monoisotopic (exact) mass is 711 g/mol. The minimum absolute atomic E-state index is 0.00431. The minimum Gasteiger partial charge on any atom is -0.352 e. The molecule has 4 aromatic rings. The van der Waals surface area contributed by atoms with Crippen LogP contribution in [0.15, 0.2) is 108 Å². The van der Waals surface area contributed by atoms with E-state index < -0.39 is 28.5 Å². The van der Waals surface area contributed by atoms with Crippen LogP contribution in [0, 0.1) is 0 Å². The zero-order valence-corrected chi connectivity index (χ0v) is 28.8. The topological polar surface area (TPSA) is 86.8 Å². The number of amides is 2. The van der Waals surface area contributed by atoms with Gasteiger partial charge in [-0.15, -0.1) is 0 Å². The number of rotatable bonds is 12. The SMILES string of the molecule is O=C(NC1CCCCC1)C(Cc1ccccc1)N(Cc1ccccc1Cl)C(=O)CN(c1cc(Cl)cc(Cl)c1)S(=O)(=O)c1ccccc1. The van der Waals surface area contributed by atoms with Crippen LogP contribution in [0.2, 0.25) is 15.1 Å². The lowest BCUT2D eigenvalue weighted by molar-refractivity contribution is -0.140. The number of halogens is 3. The van der Waals surface area contributed by atoms with Crippen molar-refractivity contribution in [3.8, 4) is 0 Å². The Labute approximate surface area is 291 Å². The highest BCUT2D eigenvalue weighted by molar-refractivity contribution is 7.92. The Kier molecular flexibility index (Phi) is 11.9. The maximum Gasteiger partial charge on any atom is 0.264 e. The van der Waals surface area contributed by atoms with E-state index >= 15 is 0 Å². The largest absolute Gasteiger partial charge is 0.352 e. The highest BCUT2D eigenvalue weighted by Crippen LogP contribution is 2.31. The molecule has 1 aliphatic carbocycles. The van der Waals surface area contributed by atoms with Crippen molar-refractivity contribution in [3.63, 3.8) is 0 Å². The van der Waals surface area contributed by atoms with E-state index in [0.29, 0.717) is 10.6 Å². The third-order valence-corrected chi connectivity index (χ3v) is 10.9. The third kappa shape index (κ3) is 9.08. The van der Waals surface area contributed by atoms with Crippen LogP contribution >= 0.6 is 34.8 Å². The first-order valence-electron chi connectivity index (χ1n) is 15.5. The summed E-state index contributed by atoms with van der Waals surface area (Å²) in [6.45, 7) is -0.649. The van der Waals surface area contributed by atoms with Gasteiger partial charge < -0.3 is 10.2 Å². The lowest BCUT2D eigenvalue weighted by atomic mass is 9.94. The van der Waals surface area contributed by atoms with Crippen LogP contribution in [-0.2, 0) is 32.6 Å². The number of nitrogens with zero attached hydrogens (tertiary/aromatic N) is 2. The Morgan fingerprint density at radius 2 is 1.38 bits per heavy atom. The third-order valence-electron chi connectivity index (χ3n) is 8.27. The smallest absolute Gasteiger partial charge is 0.264 e. The minimum atomic E-state index is -4.28. The van der Waals surface area contributed by atoms with E-state index in [0.717, 1.165) is 42.0 Å². The van der Waals surface area contributed by atoms with Crippen LogP contribution in [0.25, 0.3) is 0 Å². The van der Waals surface area contributed by atoms with Gasteiger partial charge in [-0.2, -0.15) is 0 Å². The number of sulfonamides is 1. The molecule has 0 aliphatic heterocycles. The van der Waals surface area contributed by atoms with E-state index in [1.807, 2.05) is 30.3 Å². The molecule has 4 aromatic carbocycles. The molecule has 11 heteroatoms. The summed E-state index contributed by atoms with van der Waals surface area (Å²) in [6.07, 6.45) is 5.10. The molecule has 0 aromatic heterocycles. The van der Waals surface area contributed by atoms with E-state index in [2.05, 4.69) is 5.32 Å². The van der Waals surface area contributed by atoms with E-state index in [-0.39, 0.29) is 45.5 Å². The van der Waals surface area contributed by atoms with Gasteiger partial charge in [-0.3, -0.25) is 13.9 Å². The molecule has 1 unspecified atom stereocenters. The highest BCUT2D eigenvalue weighted by Gasteiger charge is 2.36. The number of carbonyl (C=O) groups is 2. The van der Waals surface area contributed by atoms with Crippen molar-refractivity contribution in [2.75, 3.05) is 10.8 Å². The van der Waals surface area contributed by atoms with E-state index in [1.165, 1.54) is 35.2 Å². The zero-order valence-electron chi connectivity index (χ0n) is 25.7. The van der Waals surface area contributed by atoms with Gasteiger partial charge in [-0.25, -0.2) is 8.42 Å². The van der Waals surface area contributed by atoms with Gasteiger partial charge >= 0.3 is 0 Å². The predicted molar refractivity (Wildman–Crippen MR) is 188 cm³/mol. The van der Waals surface area contributed by atoms with Crippen LogP contribution in [-0.4, -0.2) is 43.8 Å². The molecular formula is C36H36Cl3N3O4S. The van der Waals surface area contributed by atoms with Crippen molar-refractivity contribution < 1.29 is 18.0 Å². The van der Waals surface area contributed by atoms with Crippen molar-refractivity contribution in [3.05, 3.63) is 129 Å². The molecule has 0 bridgehead atoms. The lowest BCUT2D eigenvalue weighted by Crippen LogP contribution is -2.55. The number of anilines is 1. The standard InChI is InChI=1S/C36H36Cl3N3O4S/c37-28-21-29(38)23-31(22-28)42(47(45,46)32-17-8-3-9-18-32)25-35(43)41(24-27-14-10-11-19-33(27)39)34(20-26-12-4-1-5-13-26)36(44)40-30-15-6-2-7-16-30/h1,3-5,8-14,17-19,21-23,30,34H,2,6-7,15-16,20,24-25H2,(H,40,44). The summed E-state index contributed by atoms with van der Waals surface area (Å²) in [5.74, 6) is -0.898. The summed E-state index contributed by atoms with van der Waals surface area (Å²) in [5.41, 5.74) is 1.58. The average Bonchev–Trinajstić information content (AvgIpc) is 3.06. The number of nitrogens with one attached hydrogen (secondary N) is 1. The number of benzene rings is 4. The first-order chi connectivity index (χ1) is 22.6.